The van der Waals surface area contributed by atoms with Crippen molar-refractivity contribution in [2.75, 3.05) is 18.4 Å². The fourth-order valence-corrected chi connectivity index (χ4v) is 3.08. The number of hydrogen-bond acceptors (Lipinski definition) is 5. The van der Waals surface area contributed by atoms with Crippen LogP contribution < -0.4 is 10.6 Å². The summed E-state index contributed by atoms with van der Waals surface area (Å²) >= 11 is 7.45. The van der Waals surface area contributed by atoms with Gasteiger partial charge in [-0.05, 0) is 31.5 Å². The molecule has 0 saturated carbocycles. The van der Waals surface area contributed by atoms with Gasteiger partial charge in [-0.15, -0.1) is 0 Å². The normalized spacial score (nSPS) is 20.2. The van der Waals surface area contributed by atoms with Crippen LogP contribution in [0.3, 0.4) is 0 Å². The molecule has 0 spiro atoms. The second-order valence-electron chi connectivity index (χ2n) is 4.58. The molecule has 1 aliphatic rings. The van der Waals surface area contributed by atoms with Gasteiger partial charge >= 0.3 is 0 Å². The molecule has 0 amide bonds. The van der Waals surface area contributed by atoms with E-state index in [0.717, 1.165) is 29.8 Å². The minimum absolute atomic E-state index is 0.525. The third-order valence-electron chi connectivity index (χ3n) is 3.31. The van der Waals surface area contributed by atoms with Crippen molar-refractivity contribution in [3.8, 4) is 0 Å². The van der Waals surface area contributed by atoms with Gasteiger partial charge in [0.25, 0.3) is 0 Å². The van der Waals surface area contributed by atoms with Gasteiger partial charge in [0.05, 0.1) is 22.4 Å². The molecule has 1 atom stereocenters. The van der Waals surface area contributed by atoms with Crippen LogP contribution in [0.2, 0.25) is 5.02 Å². The summed E-state index contributed by atoms with van der Waals surface area (Å²) in [5, 5.41) is 7.65. The van der Waals surface area contributed by atoms with Gasteiger partial charge in [0, 0.05) is 12.6 Å². The summed E-state index contributed by atoms with van der Waals surface area (Å²) < 4.78 is 8.54. The number of halogens is 1. The average molecular weight is 283 g/mol. The number of fused-ring (bicyclic) bond motifs is 1. The van der Waals surface area contributed by atoms with Gasteiger partial charge in [-0.2, -0.15) is 8.75 Å². The third kappa shape index (κ3) is 2.43. The van der Waals surface area contributed by atoms with Crippen LogP contribution >= 0.6 is 23.3 Å². The first-order valence-electron chi connectivity index (χ1n) is 6.22. The molecule has 0 radical (unpaired) electrons. The molecule has 4 nitrogen and oxygen atoms in total. The molecule has 0 aliphatic carbocycles. The van der Waals surface area contributed by atoms with Crippen LogP contribution in [0.25, 0.3) is 11.0 Å². The molecule has 1 fully saturated rings. The summed E-state index contributed by atoms with van der Waals surface area (Å²) in [5.74, 6) is 0. The van der Waals surface area contributed by atoms with E-state index in [0.29, 0.717) is 11.1 Å². The van der Waals surface area contributed by atoms with E-state index in [2.05, 4.69) is 19.4 Å². The Morgan fingerprint density at radius 1 is 1.39 bits per heavy atom. The largest absolute Gasteiger partial charge is 0.380 e. The summed E-state index contributed by atoms with van der Waals surface area (Å²) in [4.78, 5) is 0. The maximum atomic E-state index is 6.23. The Morgan fingerprint density at radius 2 is 2.33 bits per heavy atom. The summed E-state index contributed by atoms with van der Waals surface area (Å²) in [7, 11) is 0. The summed E-state index contributed by atoms with van der Waals surface area (Å²) in [6.07, 6.45) is 3.80. The Labute approximate surface area is 115 Å². The predicted octanol–water partition coefficient (Wildman–Crippen LogP) is 2.90. The van der Waals surface area contributed by atoms with Crippen molar-refractivity contribution < 1.29 is 0 Å². The zero-order valence-electron chi connectivity index (χ0n) is 9.95. The van der Waals surface area contributed by atoms with Crippen molar-refractivity contribution in [2.45, 2.75) is 25.3 Å². The molecule has 1 aromatic carbocycles. The molecule has 1 saturated heterocycles. The molecular formula is C12H15ClN4S. The van der Waals surface area contributed by atoms with Crippen molar-refractivity contribution >= 4 is 40.0 Å². The van der Waals surface area contributed by atoms with Gasteiger partial charge in [-0.25, -0.2) is 0 Å². The molecule has 6 heteroatoms. The lowest BCUT2D eigenvalue weighted by molar-refractivity contribution is 0.414. The SMILES string of the molecule is Clc1ccc2nsnc2c1NCC1CCCCN1. The molecule has 2 heterocycles. The highest BCUT2D eigenvalue weighted by Gasteiger charge is 2.14. The first-order valence-corrected chi connectivity index (χ1v) is 7.33. The number of benzene rings is 1. The topological polar surface area (TPSA) is 49.8 Å². The highest BCUT2D eigenvalue weighted by molar-refractivity contribution is 7.00. The van der Waals surface area contributed by atoms with Crippen LogP contribution in [0.4, 0.5) is 5.69 Å². The number of piperidine rings is 1. The summed E-state index contributed by atoms with van der Waals surface area (Å²) in [6, 6.07) is 4.31. The molecule has 0 bridgehead atoms. The average Bonchev–Trinajstić information content (AvgIpc) is 2.87. The Morgan fingerprint density at radius 3 is 3.17 bits per heavy atom. The van der Waals surface area contributed by atoms with Gasteiger partial charge in [0.1, 0.15) is 11.0 Å². The first kappa shape index (κ1) is 12.1. The van der Waals surface area contributed by atoms with Gasteiger partial charge in [0.15, 0.2) is 0 Å². The standard InChI is InChI=1S/C12H15ClN4S/c13-9-4-5-10-12(17-18-16-10)11(9)15-7-8-3-1-2-6-14-8/h4-5,8,14-15H,1-3,6-7H2. The fourth-order valence-electron chi connectivity index (χ4n) is 2.32. The number of nitrogens with one attached hydrogen (secondary N) is 2. The molecule has 18 heavy (non-hydrogen) atoms. The van der Waals surface area contributed by atoms with Crippen LogP contribution in [0.15, 0.2) is 12.1 Å². The Hall–Kier alpha value is -0.910. The Balaban J connectivity index is 1.76. The van der Waals surface area contributed by atoms with Crippen molar-refractivity contribution in [2.24, 2.45) is 0 Å². The van der Waals surface area contributed by atoms with E-state index in [-0.39, 0.29) is 0 Å². The maximum Gasteiger partial charge on any atom is 0.129 e. The van der Waals surface area contributed by atoms with E-state index in [9.17, 15) is 0 Å². The number of anilines is 1. The highest BCUT2D eigenvalue weighted by Crippen LogP contribution is 2.29. The van der Waals surface area contributed by atoms with Crippen LogP contribution in [0.1, 0.15) is 19.3 Å². The Kier molecular flexibility index (Phi) is 3.63. The zero-order valence-corrected chi connectivity index (χ0v) is 11.5. The van der Waals surface area contributed by atoms with Crippen molar-refractivity contribution in [3.63, 3.8) is 0 Å². The maximum absolute atomic E-state index is 6.23. The predicted molar refractivity (Wildman–Crippen MR) is 76.6 cm³/mol. The lowest BCUT2D eigenvalue weighted by atomic mass is 10.1. The highest BCUT2D eigenvalue weighted by atomic mass is 35.5. The molecule has 2 N–H and O–H groups in total. The van der Waals surface area contributed by atoms with E-state index in [1.165, 1.54) is 31.0 Å². The van der Waals surface area contributed by atoms with Gasteiger partial charge in [0.2, 0.25) is 0 Å². The molecule has 2 aromatic rings. The zero-order chi connectivity index (χ0) is 12.4. The lowest BCUT2D eigenvalue weighted by Crippen LogP contribution is -2.39. The third-order valence-corrected chi connectivity index (χ3v) is 4.17. The van der Waals surface area contributed by atoms with E-state index in [1.807, 2.05) is 12.1 Å². The molecule has 96 valence electrons. The van der Waals surface area contributed by atoms with Crippen LogP contribution in [0, 0.1) is 0 Å². The quantitative estimate of drug-likeness (QED) is 0.909. The smallest absolute Gasteiger partial charge is 0.129 e. The van der Waals surface area contributed by atoms with Crippen LogP contribution in [0.5, 0.6) is 0 Å². The minimum atomic E-state index is 0.525. The molecule has 1 unspecified atom stereocenters. The van der Waals surface area contributed by atoms with Gasteiger partial charge in [-0.3, -0.25) is 0 Å². The lowest BCUT2D eigenvalue weighted by Gasteiger charge is -2.24. The monoisotopic (exact) mass is 282 g/mol. The van der Waals surface area contributed by atoms with Crippen LogP contribution in [-0.4, -0.2) is 27.9 Å². The van der Waals surface area contributed by atoms with E-state index < -0.39 is 0 Å². The second kappa shape index (κ2) is 5.38. The van der Waals surface area contributed by atoms with Gasteiger partial charge in [-0.1, -0.05) is 18.0 Å². The van der Waals surface area contributed by atoms with Crippen molar-refractivity contribution in [1.82, 2.24) is 14.1 Å². The number of nitrogens with zero attached hydrogens (tertiary/aromatic N) is 2. The van der Waals surface area contributed by atoms with Crippen molar-refractivity contribution in [1.29, 1.82) is 0 Å². The molecule has 3 rings (SSSR count). The summed E-state index contributed by atoms with van der Waals surface area (Å²) in [6.45, 7) is 2.00. The van der Waals surface area contributed by atoms with Gasteiger partial charge < -0.3 is 10.6 Å². The van der Waals surface area contributed by atoms with E-state index >= 15 is 0 Å². The van der Waals surface area contributed by atoms with E-state index in [4.69, 9.17) is 11.6 Å². The van der Waals surface area contributed by atoms with Crippen molar-refractivity contribution in [3.05, 3.63) is 17.2 Å². The first-order chi connectivity index (χ1) is 8.84. The number of aromatic nitrogens is 2. The molecule has 1 aliphatic heterocycles. The molecule has 1 aromatic heterocycles. The Bertz CT molecular complexity index is 536. The minimum Gasteiger partial charge on any atom is -0.380 e. The number of hydrogen-bond donors (Lipinski definition) is 2. The molecular weight excluding hydrogens is 268 g/mol. The fraction of sp³-hybridized carbons (Fsp3) is 0.500. The second-order valence-corrected chi connectivity index (χ2v) is 5.52. The number of rotatable bonds is 3. The van der Waals surface area contributed by atoms with E-state index in [1.54, 1.807) is 0 Å². The van der Waals surface area contributed by atoms with Crippen LogP contribution in [-0.2, 0) is 0 Å². The summed E-state index contributed by atoms with van der Waals surface area (Å²) in [5.41, 5.74) is 2.70.